The van der Waals surface area contributed by atoms with Gasteiger partial charge in [0.05, 0.1) is 29.4 Å². The molecule has 48 heavy (non-hydrogen) atoms. The van der Waals surface area contributed by atoms with Gasteiger partial charge in [0, 0.05) is 11.5 Å². The molecule has 2 aliphatic rings. The molecule has 4 rings (SSSR count). The Bertz CT molecular complexity index is 1570. The van der Waals surface area contributed by atoms with E-state index in [0.717, 1.165) is 53.3 Å². The first-order chi connectivity index (χ1) is 22.6. The summed E-state index contributed by atoms with van der Waals surface area (Å²) in [6, 6.07) is 13.3. The molecule has 0 radical (unpaired) electrons. The van der Waals surface area contributed by atoms with Gasteiger partial charge in [-0.25, -0.2) is 24.3 Å². The van der Waals surface area contributed by atoms with E-state index in [2.05, 4.69) is 4.99 Å². The Morgan fingerprint density at radius 1 is 0.938 bits per heavy atom. The number of anilines is 3. The van der Waals surface area contributed by atoms with E-state index in [9.17, 15) is 19.2 Å². The number of nitrogens with zero attached hydrogens (tertiary/aromatic N) is 5. The standard InChI is InChI=1S/C35H46N6O7/c1-8-46-28(42)22-39-32(44)40(27-17-13-12-16-26(27)29(38-39)23-14-10-9-11-15-23)24-18-20-25(21-19-24)41(33(45)48-35(5,6)7)30(36)37-31(43)47-34(2,3)4/h12-13,16-21,23H,8-11,14-15,22H2,1-7H3,(H2,36,37,43). The number of urea groups is 1. The molecule has 258 valence electrons. The third kappa shape index (κ3) is 9.11. The van der Waals surface area contributed by atoms with E-state index in [-0.39, 0.29) is 24.8 Å². The van der Waals surface area contributed by atoms with Crippen LogP contribution in [0.3, 0.4) is 0 Å². The third-order valence-electron chi connectivity index (χ3n) is 7.41. The monoisotopic (exact) mass is 662 g/mol. The average molecular weight is 663 g/mol. The minimum absolute atomic E-state index is 0.120. The molecule has 0 atom stereocenters. The average Bonchev–Trinajstić information content (AvgIpc) is 3.10. The highest BCUT2D eigenvalue weighted by molar-refractivity contribution is 6.16. The zero-order chi connectivity index (χ0) is 35.2. The molecule has 1 saturated carbocycles. The zero-order valence-corrected chi connectivity index (χ0v) is 28.8. The van der Waals surface area contributed by atoms with Crippen molar-refractivity contribution < 1.29 is 33.4 Å². The lowest BCUT2D eigenvalue weighted by molar-refractivity contribution is -0.143. The van der Waals surface area contributed by atoms with Crippen molar-refractivity contribution >= 4 is 52.9 Å². The maximum Gasteiger partial charge on any atom is 0.437 e. The van der Waals surface area contributed by atoms with Gasteiger partial charge in [0.15, 0.2) is 0 Å². The molecule has 13 nitrogen and oxygen atoms in total. The summed E-state index contributed by atoms with van der Waals surface area (Å²) >= 11 is 0. The Hall–Kier alpha value is -4.94. The molecular formula is C35H46N6O7. The highest BCUT2D eigenvalue weighted by atomic mass is 16.6. The second-order valence-corrected chi connectivity index (χ2v) is 13.6. The molecule has 2 aromatic carbocycles. The zero-order valence-electron chi connectivity index (χ0n) is 28.8. The second-order valence-electron chi connectivity index (χ2n) is 13.6. The molecule has 1 aliphatic carbocycles. The van der Waals surface area contributed by atoms with Crippen LogP contribution in [0, 0.1) is 5.92 Å². The fourth-order valence-electron chi connectivity index (χ4n) is 5.51. The van der Waals surface area contributed by atoms with Gasteiger partial charge < -0.3 is 19.9 Å². The van der Waals surface area contributed by atoms with E-state index in [1.165, 1.54) is 4.90 Å². The summed E-state index contributed by atoms with van der Waals surface area (Å²) < 4.78 is 16.0. The van der Waals surface area contributed by atoms with E-state index in [1.807, 2.05) is 24.3 Å². The molecule has 1 fully saturated rings. The number of hydrogen-bond donors (Lipinski definition) is 1. The van der Waals surface area contributed by atoms with Crippen LogP contribution in [-0.2, 0) is 19.0 Å². The number of hydrazone groups is 1. The van der Waals surface area contributed by atoms with Crippen LogP contribution in [0.4, 0.5) is 31.4 Å². The van der Waals surface area contributed by atoms with Crippen LogP contribution < -0.4 is 15.5 Å². The van der Waals surface area contributed by atoms with E-state index < -0.39 is 41.3 Å². The summed E-state index contributed by atoms with van der Waals surface area (Å²) in [7, 11) is 0. The van der Waals surface area contributed by atoms with Gasteiger partial charge in [0.2, 0.25) is 5.96 Å². The van der Waals surface area contributed by atoms with Gasteiger partial charge in [-0.2, -0.15) is 5.10 Å². The number of carbonyl (C=O) groups is 4. The largest absolute Gasteiger partial charge is 0.465 e. The number of amides is 4. The fourth-order valence-corrected chi connectivity index (χ4v) is 5.51. The Morgan fingerprint density at radius 2 is 1.56 bits per heavy atom. The summed E-state index contributed by atoms with van der Waals surface area (Å²) in [6.07, 6.45) is 3.25. The number of guanidine groups is 1. The van der Waals surface area contributed by atoms with E-state index >= 15 is 0 Å². The molecule has 1 heterocycles. The van der Waals surface area contributed by atoms with E-state index in [1.54, 1.807) is 72.7 Å². The number of nitrogens with two attached hydrogens (primary N) is 1. The Morgan fingerprint density at radius 3 is 2.17 bits per heavy atom. The summed E-state index contributed by atoms with van der Waals surface area (Å²) in [5.41, 5.74) is 7.26. The summed E-state index contributed by atoms with van der Waals surface area (Å²) in [5.74, 6) is -0.922. The molecule has 1 aliphatic heterocycles. The lowest BCUT2D eigenvalue weighted by Crippen LogP contribution is -2.45. The minimum Gasteiger partial charge on any atom is -0.465 e. The van der Waals surface area contributed by atoms with E-state index in [4.69, 9.17) is 25.0 Å². The van der Waals surface area contributed by atoms with Gasteiger partial charge in [-0.1, -0.05) is 37.5 Å². The van der Waals surface area contributed by atoms with Crippen molar-refractivity contribution in [3.63, 3.8) is 0 Å². The predicted octanol–water partition coefficient (Wildman–Crippen LogP) is 7.10. The first-order valence-electron chi connectivity index (χ1n) is 16.2. The molecule has 13 heteroatoms. The molecule has 0 bridgehead atoms. The number of benzene rings is 2. The lowest BCUT2D eigenvalue weighted by atomic mass is 9.83. The molecule has 2 N–H and O–H groups in total. The van der Waals surface area contributed by atoms with Crippen LogP contribution in [-0.4, -0.2) is 65.2 Å². The maximum atomic E-state index is 14.3. The topological polar surface area (TPSA) is 156 Å². The minimum atomic E-state index is -0.979. The number of para-hydroxylation sites is 1. The predicted molar refractivity (Wildman–Crippen MR) is 183 cm³/mol. The smallest absolute Gasteiger partial charge is 0.437 e. The molecular weight excluding hydrogens is 616 g/mol. The van der Waals surface area contributed by atoms with Crippen LogP contribution in [0.2, 0.25) is 0 Å². The van der Waals surface area contributed by atoms with Crippen molar-refractivity contribution in [3.8, 4) is 0 Å². The normalized spacial score (nSPS) is 16.0. The highest BCUT2D eigenvalue weighted by Gasteiger charge is 2.35. The summed E-state index contributed by atoms with van der Waals surface area (Å²) in [5, 5.41) is 5.97. The van der Waals surface area contributed by atoms with Gasteiger partial charge >= 0.3 is 24.2 Å². The summed E-state index contributed by atoms with van der Waals surface area (Å²) in [6.45, 7) is 11.6. The highest BCUT2D eigenvalue weighted by Crippen LogP contribution is 2.38. The number of rotatable bonds is 6. The Kier molecular flexibility index (Phi) is 11.1. The first kappa shape index (κ1) is 35.9. The third-order valence-corrected chi connectivity index (χ3v) is 7.41. The van der Waals surface area contributed by atoms with Gasteiger partial charge in [0.1, 0.15) is 17.7 Å². The van der Waals surface area contributed by atoms with Crippen LogP contribution in [0.5, 0.6) is 0 Å². The van der Waals surface area contributed by atoms with Crippen LogP contribution in [0.25, 0.3) is 0 Å². The number of carbonyl (C=O) groups excluding carboxylic acids is 4. The lowest BCUT2D eigenvalue weighted by Gasteiger charge is -2.28. The quantitative estimate of drug-likeness (QED) is 0.149. The molecule has 0 spiro atoms. The Labute approximate surface area is 281 Å². The molecule has 4 amide bonds. The second kappa shape index (κ2) is 14.9. The van der Waals surface area contributed by atoms with Crippen LogP contribution in [0.15, 0.2) is 58.6 Å². The van der Waals surface area contributed by atoms with Gasteiger partial charge in [0.25, 0.3) is 0 Å². The molecule has 0 unspecified atom stereocenters. The number of esters is 1. The number of fused-ring (bicyclic) bond motifs is 1. The molecule has 0 saturated heterocycles. The van der Waals surface area contributed by atoms with Crippen LogP contribution >= 0.6 is 0 Å². The van der Waals surface area contributed by atoms with Crippen molar-refractivity contribution in [1.29, 1.82) is 0 Å². The van der Waals surface area contributed by atoms with Gasteiger partial charge in [-0.05, 0) is 91.6 Å². The maximum absolute atomic E-state index is 14.3. The SMILES string of the molecule is CCOC(=O)CN1N=C(C2CCCCC2)c2ccccc2N(c2ccc(N(C(=O)OC(C)(C)C)C(N)=NC(=O)OC(C)(C)C)cc2)C1=O. The van der Waals surface area contributed by atoms with Crippen molar-refractivity contribution in [3.05, 3.63) is 54.1 Å². The van der Waals surface area contributed by atoms with Crippen molar-refractivity contribution in [2.75, 3.05) is 23.0 Å². The Balaban J connectivity index is 1.78. The number of ether oxygens (including phenoxy) is 3. The number of hydrogen-bond acceptors (Lipinski definition) is 8. The number of aliphatic imine (C=N–C) groups is 1. The van der Waals surface area contributed by atoms with Crippen molar-refractivity contribution in [2.45, 2.75) is 91.8 Å². The van der Waals surface area contributed by atoms with Crippen molar-refractivity contribution in [2.24, 2.45) is 21.7 Å². The van der Waals surface area contributed by atoms with Crippen molar-refractivity contribution in [1.82, 2.24) is 5.01 Å². The van der Waals surface area contributed by atoms with Crippen LogP contribution in [0.1, 0.15) is 86.1 Å². The molecule has 0 aromatic heterocycles. The first-order valence-corrected chi connectivity index (χ1v) is 16.2. The van der Waals surface area contributed by atoms with Gasteiger partial charge in [-0.3, -0.25) is 9.69 Å². The van der Waals surface area contributed by atoms with E-state index in [0.29, 0.717) is 11.4 Å². The fraction of sp³-hybridized carbons (Fsp3) is 0.486. The van der Waals surface area contributed by atoms with Gasteiger partial charge in [-0.15, -0.1) is 4.99 Å². The summed E-state index contributed by atoms with van der Waals surface area (Å²) in [4.78, 5) is 59.0. The molecule has 2 aromatic rings.